The van der Waals surface area contributed by atoms with E-state index in [1.807, 2.05) is 32.0 Å². The Morgan fingerprint density at radius 1 is 1.05 bits per heavy atom. The van der Waals surface area contributed by atoms with Crippen molar-refractivity contribution in [3.63, 3.8) is 0 Å². The topological polar surface area (TPSA) is 30.5 Å². The van der Waals surface area contributed by atoms with Crippen molar-refractivity contribution < 1.29 is 13.9 Å². The SMILES string of the molecule is COc1ccc(C(C)Nc2ccc(OC)c(C)c2)c(F)c1. The molecule has 0 heterocycles. The van der Waals surface area contributed by atoms with Crippen molar-refractivity contribution >= 4 is 5.69 Å². The van der Waals surface area contributed by atoms with E-state index >= 15 is 0 Å². The van der Waals surface area contributed by atoms with Crippen LogP contribution in [0.2, 0.25) is 0 Å². The zero-order chi connectivity index (χ0) is 15.4. The average molecular weight is 289 g/mol. The summed E-state index contributed by atoms with van der Waals surface area (Å²) in [5.41, 5.74) is 2.56. The number of hydrogen-bond donors (Lipinski definition) is 1. The maximum atomic E-state index is 14.0. The van der Waals surface area contributed by atoms with Gasteiger partial charge in [0.05, 0.1) is 20.3 Å². The molecule has 3 nitrogen and oxygen atoms in total. The number of hydrogen-bond acceptors (Lipinski definition) is 3. The van der Waals surface area contributed by atoms with Crippen molar-refractivity contribution in [1.29, 1.82) is 0 Å². The quantitative estimate of drug-likeness (QED) is 0.889. The normalized spacial score (nSPS) is 11.9. The van der Waals surface area contributed by atoms with Crippen LogP contribution in [0.3, 0.4) is 0 Å². The van der Waals surface area contributed by atoms with Gasteiger partial charge < -0.3 is 14.8 Å². The van der Waals surface area contributed by atoms with Gasteiger partial charge in [-0.3, -0.25) is 0 Å². The summed E-state index contributed by atoms with van der Waals surface area (Å²) < 4.78 is 24.3. The molecule has 1 unspecified atom stereocenters. The van der Waals surface area contributed by atoms with Gasteiger partial charge in [0.2, 0.25) is 0 Å². The second-order valence-corrected chi connectivity index (χ2v) is 4.94. The highest BCUT2D eigenvalue weighted by Crippen LogP contribution is 2.27. The maximum absolute atomic E-state index is 14.0. The van der Waals surface area contributed by atoms with Gasteiger partial charge in [-0.1, -0.05) is 6.07 Å². The van der Waals surface area contributed by atoms with Crippen LogP contribution in [0.15, 0.2) is 36.4 Å². The monoisotopic (exact) mass is 289 g/mol. The van der Waals surface area contributed by atoms with E-state index in [0.717, 1.165) is 17.0 Å². The van der Waals surface area contributed by atoms with Gasteiger partial charge in [0, 0.05) is 17.3 Å². The lowest BCUT2D eigenvalue weighted by Gasteiger charge is -2.18. The molecule has 0 aliphatic heterocycles. The third-order valence-electron chi connectivity index (χ3n) is 3.45. The van der Waals surface area contributed by atoms with Crippen LogP contribution in [0.4, 0.5) is 10.1 Å². The van der Waals surface area contributed by atoms with Crippen LogP contribution in [0.25, 0.3) is 0 Å². The van der Waals surface area contributed by atoms with Gasteiger partial charge in [-0.05, 0) is 43.7 Å². The molecule has 21 heavy (non-hydrogen) atoms. The van der Waals surface area contributed by atoms with E-state index in [1.54, 1.807) is 19.2 Å². The highest BCUT2D eigenvalue weighted by atomic mass is 19.1. The Hall–Kier alpha value is -2.23. The molecule has 0 aliphatic rings. The van der Waals surface area contributed by atoms with Gasteiger partial charge in [0.1, 0.15) is 17.3 Å². The molecular weight excluding hydrogens is 269 g/mol. The third-order valence-corrected chi connectivity index (χ3v) is 3.45. The zero-order valence-electron chi connectivity index (χ0n) is 12.7. The lowest BCUT2D eigenvalue weighted by Crippen LogP contribution is -2.09. The molecule has 0 fully saturated rings. The zero-order valence-corrected chi connectivity index (χ0v) is 12.7. The number of rotatable bonds is 5. The summed E-state index contributed by atoms with van der Waals surface area (Å²) in [4.78, 5) is 0. The molecule has 0 radical (unpaired) electrons. The average Bonchev–Trinajstić information content (AvgIpc) is 2.47. The second-order valence-electron chi connectivity index (χ2n) is 4.94. The minimum absolute atomic E-state index is 0.149. The predicted molar refractivity (Wildman–Crippen MR) is 82.7 cm³/mol. The molecule has 1 atom stereocenters. The lowest BCUT2D eigenvalue weighted by molar-refractivity contribution is 0.410. The summed E-state index contributed by atoms with van der Waals surface area (Å²) >= 11 is 0. The van der Waals surface area contributed by atoms with Crippen molar-refractivity contribution in [2.75, 3.05) is 19.5 Å². The summed E-state index contributed by atoms with van der Waals surface area (Å²) in [6.07, 6.45) is 0. The lowest BCUT2D eigenvalue weighted by atomic mass is 10.1. The number of anilines is 1. The van der Waals surface area contributed by atoms with Crippen molar-refractivity contribution in [1.82, 2.24) is 0 Å². The number of halogens is 1. The number of methoxy groups -OCH3 is 2. The van der Waals surface area contributed by atoms with Crippen molar-refractivity contribution in [2.45, 2.75) is 19.9 Å². The summed E-state index contributed by atoms with van der Waals surface area (Å²) in [6, 6.07) is 10.5. The molecule has 0 saturated heterocycles. The standard InChI is InChI=1S/C17H20FNO2/c1-11-9-13(5-8-17(11)21-4)19-12(2)15-7-6-14(20-3)10-16(15)18/h5-10,12,19H,1-4H3. The molecule has 2 aromatic rings. The molecule has 4 heteroatoms. The number of aryl methyl sites for hydroxylation is 1. The summed E-state index contributed by atoms with van der Waals surface area (Å²) in [5.74, 6) is 1.08. The highest BCUT2D eigenvalue weighted by molar-refractivity contribution is 5.52. The first-order valence-electron chi connectivity index (χ1n) is 6.79. The van der Waals surface area contributed by atoms with E-state index in [4.69, 9.17) is 9.47 Å². The van der Waals surface area contributed by atoms with E-state index in [1.165, 1.54) is 13.2 Å². The Labute approximate surface area is 124 Å². The van der Waals surface area contributed by atoms with Crippen molar-refractivity contribution in [3.05, 3.63) is 53.3 Å². The minimum atomic E-state index is -0.278. The Balaban J connectivity index is 2.17. The van der Waals surface area contributed by atoms with E-state index in [0.29, 0.717) is 11.3 Å². The summed E-state index contributed by atoms with van der Waals surface area (Å²) in [5, 5.41) is 3.29. The van der Waals surface area contributed by atoms with Crippen LogP contribution >= 0.6 is 0 Å². The van der Waals surface area contributed by atoms with Gasteiger partial charge in [0.25, 0.3) is 0 Å². The minimum Gasteiger partial charge on any atom is -0.497 e. The second kappa shape index (κ2) is 6.48. The Morgan fingerprint density at radius 2 is 1.81 bits per heavy atom. The van der Waals surface area contributed by atoms with Crippen molar-refractivity contribution in [2.24, 2.45) is 0 Å². The predicted octanol–water partition coefficient (Wildman–Crippen LogP) is 4.32. The van der Waals surface area contributed by atoms with E-state index in [-0.39, 0.29) is 11.9 Å². The molecule has 112 valence electrons. The fourth-order valence-electron chi connectivity index (χ4n) is 2.28. The Bertz CT molecular complexity index is 628. The van der Waals surface area contributed by atoms with Crippen LogP contribution in [-0.2, 0) is 0 Å². The van der Waals surface area contributed by atoms with Crippen LogP contribution < -0.4 is 14.8 Å². The van der Waals surface area contributed by atoms with E-state index < -0.39 is 0 Å². The molecule has 0 aromatic heterocycles. The first-order chi connectivity index (χ1) is 10.0. The van der Waals surface area contributed by atoms with E-state index in [9.17, 15) is 4.39 Å². The largest absolute Gasteiger partial charge is 0.497 e. The van der Waals surface area contributed by atoms with Crippen LogP contribution in [0.1, 0.15) is 24.1 Å². The number of nitrogens with one attached hydrogen (secondary N) is 1. The van der Waals surface area contributed by atoms with Gasteiger partial charge in [-0.2, -0.15) is 0 Å². The number of ether oxygens (including phenoxy) is 2. The first-order valence-corrected chi connectivity index (χ1v) is 6.79. The fourth-order valence-corrected chi connectivity index (χ4v) is 2.28. The third kappa shape index (κ3) is 3.45. The fraction of sp³-hybridized carbons (Fsp3) is 0.294. The van der Waals surface area contributed by atoms with Crippen LogP contribution in [0.5, 0.6) is 11.5 Å². The molecule has 0 aliphatic carbocycles. The van der Waals surface area contributed by atoms with Crippen molar-refractivity contribution in [3.8, 4) is 11.5 Å². The number of benzene rings is 2. The Kier molecular flexibility index (Phi) is 4.68. The van der Waals surface area contributed by atoms with Crippen LogP contribution in [-0.4, -0.2) is 14.2 Å². The van der Waals surface area contributed by atoms with Gasteiger partial charge in [-0.15, -0.1) is 0 Å². The highest BCUT2D eigenvalue weighted by Gasteiger charge is 2.12. The first kappa shape index (κ1) is 15.2. The molecular formula is C17H20FNO2. The Morgan fingerprint density at radius 3 is 2.38 bits per heavy atom. The smallest absolute Gasteiger partial charge is 0.132 e. The summed E-state index contributed by atoms with van der Waals surface area (Å²) in [7, 11) is 3.17. The molecule has 0 saturated carbocycles. The van der Waals surface area contributed by atoms with Gasteiger partial charge in [0.15, 0.2) is 0 Å². The molecule has 2 aromatic carbocycles. The summed E-state index contributed by atoms with van der Waals surface area (Å²) in [6.45, 7) is 3.90. The van der Waals surface area contributed by atoms with Gasteiger partial charge >= 0.3 is 0 Å². The molecule has 0 spiro atoms. The van der Waals surface area contributed by atoms with Gasteiger partial charge in [-0.25, -0.2) is 4.39 Å². The molecule has 2 rings (SSSR count). The van der Waals surface area contributed by atoms with Crippen LogP contribution in [0, 0.1) is 12.7 Å². The molecule has 0 amide bonds. The molecule has 1 N–H and O–H groups in total. The maximum Gasteiger partial charge on any atom is 0.132 e. The van der Waals surface area contributed by atoms with E-state index in [2.05, 4.69) is 5.32 Å². The molecule has 0 bridgehead atoms.